The number of hydrogen-bond donors (Lipinski definition) is 2. The molecule has 26 heavy (non-hydrogen) atoms. The van der Waals surface area contributed by atoms with Gasteiger partial charge in [0.1, 0.15) is 0 Å². The summed E-state index contributed by atoms with van der Waals surface area (Å²) in [7, 11) is 0. The van der Waals surface area contributed by atoms with Gasteiger partial charge in [0, 0.05) is 5.56 Å². The van der Waals surface area contributed by atoms with Gasteiger partial charge in [0.15, 0.2) is 5.82 Å². The first-order valence-electron chi connectivity index (χ1n) is 8.20. The fourth-order valence-corrected chi connectivity index (χ4v) is 2.93. The van der Waals surface area contributed by atoms with E-state index in [1.165, 1.54) is 0 Å². The highest BCUT2D eigenvalue weighted by Gasteiger charge is 2.12. The van der Waals surface area contributed by atoms with Gasteiger partial charge in [-0.15, -0.1) is 0 Å². The zero-order valence-corrected chi connectivity index (χ0v) is 13.9. The molecule has 0 bridgehead atoms. The van der Waals surface area contributed by atoms with Crippen LogP contribution in [0.2, 0.25) is 0 Å². The molecule has 0 unspecified atom stereocenters. The molecule has 4 rings (SSSR count). The van der Waals surface area contributed by atoms with Gasteiger partial charge in [-0.25, -0.2) is 4.98 Å². The van der Waals surface area contributed by atoms with Gasteiger partial charge in [-0.05, 0) is 28.3 Å². The Bertz CT molecular complexity index is 1070. The van der Waals surface area contributed by atoms with E-state index in [1.54, 1.807) is 0 Å². The van der Waals surface area contributed by atoms with Gasteiger partial charge < -0.3 is 5.73 Å². The third-order valence-corrected chi connectivity index (χ3v) is 4.16. The Hall–Kier alpha value is -3.73. The first kappa shape index (κ1) is 15.8. The molecule has 0 saturated carbocycles. The summed E-state index contributed by atoms with van der Waals surface area (Å²) in [5.41, 5.74) is 10.5. The van der Waals surface area contributed by atoms with E-state index in [0.717, 1.165) is 27.8 Å². The maximum atomic E-state index is 11.2. The van der Waals surface area contributed by atoms with Crippen LogP contribution in [0.4, 0.5) is 0 Å². The summed E-state index contributed by atoms with van der Waals surface area (Å²) >= 11 is 0. The lowest BCUT2D eigenvalue weighted by atomic mass is 9.94. The van der Waals surface area contributed by atoms with Crippen LogP contribution < -0.4 is 5.73 Å². The molecule has 1 amide bonds. The average Bonchev–Trinajstić information content (AvgIpc) is 3.19. The summed E-state index contributed by atoms with van der Waals surface area (Å²) in [6, 6.07) is 26.4. The van der Waals surface area contributed by atoms with E-state index < -0.39 is 5.91 Å². The molecule has 0 spiro atoms. The highest BCUT2D eigenvalue weighted by Crippen LogP contribution is 2.33. The molecular formula is C21H16N4O. The van der Waals surface area contributed by atoms with Crippen molar-refractivity contribution in [2.24, 2.45) is 5.73 Å². The lowest BCUT2D eigenvalue weighted by Gasteiger charge is -2.11. The van der Waals surface area contributed by atoms with Crippen molar-refractivity contribution in [3.05, 3.63) is 84.7 Å². The molecule has 0 atom stereocenters. The largest absolute Gasteiger partial charge is 0.363 e. The number of primary amides is 1. The molecule has 0 fully saturated rings. The molecule has 0 radical (unpaired) electrons. The highest BCUT2D eigenvalue weighted by molar-refractivity contribution is 5.89. The minimum absolute atomic E-state index is 0.0510. The normalized spacial score (nSPS) is 10.6. The molecule has 0 saturated heterocycles. The van der Waals surface area contributed by atoms with Gasteiger partial charge in [-0.1, -0.05) is 72.8 Å². The molecule has 5 nitrogen and oxygen atoms in total. The number of carbonyl (C=O) groups excluding carboxylic acids is 1. The number of aromatic nitrogens is 3. The Balaban J connectivity index is 1.79. The molecule has 0 aliphatic heterocycles. The third-order valence-electron chi connectivity index (χ3n) is 4.16. The first-order valence-corrected chi connectivity index (χ1v) is 8.20. The molecular weight excluding hydrogens is 324 g/mol. The van der Waals surface area contributed by atoms with Gasteiger partial charge in [0.25, 0.3) is 5.91 Å². The Labute approximate surface area is 150 Å². The summed E-state index contributed by atoms with van der Waals surface area (Å²) in [4.78, 5) is 15.4. The number of nitrogens with one attached hydrogen (secondary N) is 1. The van der Waals surface area contributed by atoms with Gasteiger partial charge in [0.2, 0.25) is 5.82 Å². The van der Waals surface area contributed by atoms with Crippen LogP contribution >= 0.6 is 0 Å². The molecule has 0 aliphatic rings. The Morgan fingerprint density at radius 3 is 2.08 bits per heavy atom. The molecule has 0 aliphatic carbocycles. The summed E-state index contributed by atoms with van der Waals surface area (Å²) in [5.74, 6) is -0.137. The van der Waals surface area contributed by atoms with Gasteiger partial charge >= 0.3 is 0 Å². The zero-order valence-electron chi connectivity index (χ0n) is 13.9. The van der Waals surface area contributed by atoms with Crippen LogP contribution in [-0.4, -0.2) is 21.1 Å². The van der Waals surface area contributed by atoms with Crippen molar-refractivity contribution >= 4 is 5.91 Å². The van der Waals surface area contributed by atoms with Gasteiger partial charge in [0.05, 0.1) is 0 Å². The molecule has 5 heteroatoms. The van der Waals surface area contributed by atoms with Crippen molar-refractivity contribution < 1.29 is 4.79 Å². The van der Waals surface area contributed by atoms with Crippen molar-refractivity contribution in [3.8, 4) is 33.6 Å². The second kappa shape index (κ2) is 6.64. The van der Waals surface area contributed by atoms with E-state index >= 15 is 0 Å². The zero-order chi connectivity index (χ0) is 17.9. The molecule has 4 aromatic rings. The molecule has 126 valence electrons. The van der Waals surface area contributed by atoms with E-state index in [0.29, 0.717) is 5.82 Å². The maximum Gasteiger partial charge on any atom is 0.286 e. The molecule has 3 aromatic carbocycles. The predicted octanol–water partition coefficient (Wildman–Crippen LogP) is 3.90. The van der Waals surface area contributed by atoms with Crippen LogP contribution in [0.15, 0.2) is 78.9 Å². The fraction of sp³-hybridized carbons (Fsp3) is 0. The van der Waals surface area contributed by atoms with E-state index in [-0.39, 0.29) is 5.82 Å². The number of aromatic amines is 1. The van der Waals surface area contributed by atoms with Crippen molar-refractivity contribution in [2.75, 3.05) is 0 Å². The number of H-pyrrole nitrogens is 1. The Kier molecular flexibility index (Phi) is 4.03. The van der Waals surface area contributed by atoms with Crippen LogP contribution in [0.5, 0.6) is 0 Å². The number of benzene rings is 3. The maximum absolute atomic E-state index is 11.2. The summed E-state index contributed by atoms with van der Waals surface area (Å²) < 4.78 is 0. The number of rotatable bonds is 4. The lowest BCUT2D eigenvalue weighted by Crippen LogP contribution is -2.12. The van der Waals surface area contributed by atoms with Crippen LogP contribution in [0.25, 0.3) is 33.6 Å². The van der Waals surface area contributed by atoms with Gasteiger partial charge in [-0.3, -0.25) is 9.89 Å². The fourth-order valence-electron chi connectivity index (χ4n) is 2.93. The molecule has 1 heterocycles. The van der Waals surface area contributed by atoms with Crippen molar-refractivity contribution in [3.63, 3.8) is 0 Å². The summed E-state index contributed by atoms with van der Waals surface area (Å²) in [5, 5.41) is 6.65. The summed E-state index contributed by atoms with van der Waals surface area (Å²) in [6.45, 7) is 0. The SMILES string of the molecule is NC(=O)c1nc(-c2cccc(-c3ccccc3-c3ccccc3)c2)n[nH]1. The quantitative estimate of drug-likeness (QED) is 0.591. The van der Waals surface area contributed by atoms with Crippen LogP contribution in [0, 0.1) is 0 Å². The van der Waals surface area contributed by atoms with Crippen molar-refractivity contribution in [1.29, 1.82) is 0 Å². The second-order valence-electron chi connectivity index (χ2n) is 5.86. The van der Waals surface area contributed by atoms with E-state index in [4.69, 9.17) is 5.73 Å². The van der Waals surface area contributed by atoms with Crippen molar-refractivity contribution in [1.82, 2.24) is 15.2 Å². The number of nitrogens with two attached hydrogens (primary N) is 1. The van der Waals surface area contributed by atoms with E-state index in [2.05, 4.69) is 39.4 Å². The van der Waals surface area contributed by atoms with Crippen LogP contribution in [0.3, 0.4) is 0 Å². The monoisotopic (exact) mass is 340 g/mol. The standard InChI is InChI=1S/C21H16N4O/c22-19(26)21-23-20(24-25-21)16-10-6-9-15(13-16)18-12-5-4-11-17(18)14-7-2-1-3-8-14/h1-13H,(H2,22,26)(H,23,24,25). The Morgan fingerprint density at radius 1 is 0.769 bits per heavy atom. The minimum Gasteiger partial charge on any atom is -0.363 e. The van der Waals surface area contributed by atoms with E-state index in [1.807, 2.05) is 54.6 Å². The minimum atomic E-state index is -0.630. The third kappa shape index (κ3) is 2.98. The summed E-state index contributed by atoms with van der Waals surface area (Å²) in [6.07, 6.45) is 0. The smallest absolute Gasteiger partial charge is 0.286 e. The van der Waals surface area contributed by atoms with E-state index in [9.17, 15) is 4.79 Å². The highest BCUT2D eigenvalue weighted by atomic mass is 16.1. The predicted molar refractivity (Wildman–Crippen MR) is 101 cm³/mol. The molecule has 1 aromatic heterocycles. The number of carbonyl (C=O) groups is 1. The average molecular weight is 340 g/mol. The van der Waals surface area contributed by atoms with Gasteiger partial charge in [-0.2, -0.15) is 5.10 Å². The lowest BCUT2D eigenvalue weighted by molar-refractivity contribution is 0.0991. The number of hydrogen-bond acceptors (Lipinski definition) is 3. The Morgan fingerprint density at radius 2 is 1.38 bits per heavy atom. The van der Waals surface area contributed by atoms with Crippen LogP contribution in [-0.2, 0) is 0 Å². The topological polar surface area (TPSA) is 84.7 Å². The number of nitrogens with zero attached hydrogens (tertiary/aromatic N) is 2. The number of amides is 1. The van der Waals surface area contributed by atoms with Crippen LogP contribution in [0.1, 0.15) is 10.6 Å². The first-order chi connectivity index (χ1) is 12.7. The van der Waals surface area contributed by atoms with Crippen molar-refractivity contribution in [2.45, 2.75) is 0 Å². The molecule has 3 N–H and O–H groups in total. The second-order valence-corrected chi connectivity index (χ2v) is 5.86.